The first-order valence-electron chi connectivity index (χ1n) is 5.76. The van der Waals surface area contributed by atoms with Gasteiger partial charge in [0, 0.05) is 12.2 Å². The fourth-order valence-electron chi connectivity index (χ4n) is 1.97. The Bertz CT molecular complexity index is 583. The van der Waals surface area contributed by atoms with Crippen LogP contribution in [-0.2, 0) is 9.53 Å². The molecule has 0 unspecified atom stereocenters. The van der Waals surface area contributed by atoms with Gasteiger partial charge in [-0.3, -0.25) is 4.79 Å². The van der Waals surface area contributed by atoms with E-state index in [2.05, 4.69) is 15.3 Å². The van der Waals surface area contributed by atoms with Crippen molar-refractivity contribution in [2.75, 3.05) is 25.1 Å². The van der Waals surface area contributed by atoms with Gasteiger partial charge in [-0.2, -0.15) is 0 Å². The molecular weight excluding hydrogens is 232 g/mol. The van der Waals surface area contributed by atoms with E-state index in [-0.39, 0.29) is 5.91 Å². The fraction of sp³-hybridized carbons (Fsp3) is 0.333. The molecule has 1 aromatic heterocycles. The van der Waals surface area contributed by atoms with Crippen LogP contribution in [0.25, 0.3) is 11.0 Å². The lowest BCUT2D eigenvalue weighted by atomic mass is 9.85. The van der Waals surface area contributed by atoms with Gasteiger partial charge in [-0.1, -0.05) is 0 Å². The van der Waals surface area contributed by atoms with Crippen LogP contribution in [0.4, 0.5) is 5.69 Å². The molecule has 1 aromatic carbocycles. The van der Waals surface area contributed by atoms with Gasteiger partial charge in [-0.05, 0) is 18.2 Å². The summed E-state index contributed by atoms with van der Waals surface area (Å²) < 4.78 is 5.09. The number of aromatic nitrogens is 2. The molecular formula is C12H14N4O2. The van der Waals surface area contributed by atoms with Crippen molar-refractivity contribution in [2.45, 2.75) is 0 Å². The molecule has 0 saturated carbocycles. The smallest absolute Gasteiger partial charge is 0.236 e. The van der Waals surface area contributed by atoms with Crippen LogP contribution in [0.5, 0.6) is 0 Å². The summed E-state index contributed by atoms with van der Waals surface area (Å²) in [5.74, 6) is -0.0879. The normalized spacial score (nSPS) is 17.4. The number of amides is 1. The molecule has 1 aliphatic heterocycles. The van der Waals surface area contributed by atoms with Gasteiger partial charge in [0.15, 0.2) is 0 Å². The molecule has 0 aliphatic carbocycles. The van der Waals surface area contributed by atoms with Gasteiger partial charge in [-0.25, -0.2) is 4.98 Å². The van der Waals surface area contributed by atoms with Crippen molar-refractivity contribution < 1.29 is 9.53 Å². The number of rotatable bonds is 3. The molecule has 1 aliphatic rings. The largest absolute Gasteiger partial charge is 0.379 e. The molecule has 0 radical (unpaired) electrons. The van der Waals surface area contributed by atoms with E-state index in [1.165, 1.54) is 0 Å². The van der Waals surface area contributed by atoms with Gasteiger partial charge in [0.05, 0.1) is 30.6 Å². The summed E-state index contributed by atoms with van der Waals surface area (Å²) in [4.78, 5) is 19.3. The maximum Gasteiger partial charge on any atom is 0.236 e. The average Bonchev–Trinajstić information content (AvgIpc) is 2.75. The third kappa shape index (κ3) is 1.66. The first-order valence-corrected chi connectivity index (χ1v) is 5.76. The number of hydrogen-bond donors (Lipinski definition) is 3. The molecule has 2 heterocycles. The van der Waals surface area contributed by atoms with Crippen molar-refractivity contribution in [2.24, 2.45) is 11.1 Å². The van der Waals surface area contributed by atoms with Crippen molar-refractivity contribution in [3.63, 3.8) is 0 Å². The number of H-pyrrole nitrogens is 1. The Morgan fingerprint density at radius 3 is 3.06 bits per heavy atom. The second kappa shape index (κ2) is 4.08. The Kier molecular flexibility index (Phi) is 2.53. The van der Waals surface area contributed by atoms with Crippen molar-refractivity contribution in [3.05, 3.63) is 24.5 Å². The topological polar surface area (TPSA) is 93.0 Å². The standard InChI is InChI=1S/C12H14N4O2/c13-4-12(5-18-6-12)11(17)16-8-1-2-9-10(3-8)15-7-14-9/h1-3,7H,4-6,13H2,(H,14,15)(H,16,17). The summed E-state index contributed by atoms with van der Waals surface area (Å²) in [6, 6.07) is 5.53. The van der Waals surface area contributed by atoms with Crippen LogP contribution in [-0.4, -0.2) is 35.6 Å². The molecule has 4 N–H and O–H groups in total. The Morgan fingerprint density at radius 1 is 1.56 bits per heavy atom. The second-order valence-corrected chi connectivity index (χ2v) is 4.57. The quantitative estimate of drug-likeness (QED) is 0.734. The first-order chi connectivity index (χ1) is 8.73. The van der Waals surface area contributed by atoms with E-state index in [4.69, 9.17) is 10.5 Å². The highest BCUT2D eigenvalue weighted by Crippen LogP contribution is 2.28. The summed E-state index contributed by atoms with van der Waals surface area (Å²) in [6.07, 6.45) is 1.62. The van der Waals surface area contributed by atoms with Crippen LogP contribution in [0.15, 0.2) is 24.5 Å². The SMILES string of the molecule is NCC1(C(=O)Nc2ccc3nc[nH]c3c2)COC1. The van der Waals surface area contributed by atoms with Crippen LogP contribution in [0, 0.1) is 5.41 Å². The molecule has 18 heavy (non-hydrogen) atoms. The molecule has 1 saturated heterocycles. The van der Waals surface area contributed by atoms with Crippen LogP contribution in [0.2, 0.25) is 0 Å². The summed E-state index contributed by atoms with van der Waals surface area (Å²) in [7, 11) is 0. The summed E-state index contributed by atoms with van der Waals surface area (Å²) in [6.45, 7) is 1.08. The molecule has 6 heteroatoms. The number of aromatic amines is 1. The number of benzene rings is 1. The van der Waals surface area contributed by atoms with E-state index >= 15 is 0 Å². The molecule has 1 amide bonds. The number of fused-ring (bicyclic) bond motifs is 1. The van der Waals surface area contributed by atoms with Crippen molar-refractivity contribution in [1.29, 1.82) is 0 Å². The highest BCUT2D eigenvalue weighted by molar-refractivity contribution is 5.97. The molecule has 0 spiro atoms. The molecule has 3 rings (SSSR count). The second-order valence-electron chi connectivity index (χ2n) is 4.57. The minimum absolute atomic E-state index is 0.0879. The number of anilines is 1. The number of nitrogens with two attached hydrogens (primary N) is 1. The highest BCUT2D eigenvalue weighted by atomic mass is 16.5. The number of carbonyl (C=O) groups is 1. The van der Waals surface area contributed by atoms with E-state index < -0.39 is 5.41 Å². The number of carbonyl (C=O) groups excluding carboxylic acids is 1. The Morgan fingerprint density at radius 2 is 2.39 bits per heavy atom. The van der Waals surface area contributed by atoms with Gasteiger partial charge < -0.3 is 20.8 Å². The Hall–Kier alpha value is -1.92. The van der Waals surface area contributed by atoms with Crippen molar-refractivity contribution in [3.8, 4) is 0 Å². The third-order valence-corrected chi connectivity index (χ3v) is 3.31. The zero-order valence-corrected chi connectivity index (χ0v) is 9.77. The zero-order valence-electron chi connectivity index (χ0n) is 9.77. The van der Waals surface area contributed by atoms with Gasteiger partial charge in [0.25, 0.3) is 0 Å². The Balaban J connectivity index is 1.81. The van der Waals surface area contributed by atoms with Gasteiger partial charge in [-0.15, -0.1) is 0 Å². The van der Waals surface area contributed by atoms with E-state index in [0.29, 0.717) is 19.8 Å². The lowest BCUT2D eigenvalue weighted by Crippen LogP contribution is -2.56. The number of nitrogens with zero attached hydrogens (tertiary/aromatic N) is 1. The predicted molar refractivity (Wildman–Crippen MR) is 67.0 cm³/mol. The molecule has 6 nitrogen and oxygen atoms in total. The minimum Gasteiger partial charge on any atom is -0.379 e. The van der Waals surface area contributed by atoms with E-state index in [0.717, 1.165) is 16.7 Å². The number of ether oxygens (including phenoxy) is 1. The third-order valence-electron chi connectivity index (χ3n) is 3.31. The number of imidazole rings is 1. The summed E-state index contributed by atoms with van der Waals surface area (Å²) >= 11 is 0. The fourth-order valence-corrected chi connectivity index (χ4v) is 1.97. The minimum atomic E-state index is -0.567. The van der Waals surface area contributed by atoms with Crippen LogP contribution < -0.4 is 11.1 Å². The molecule has 2 aromatic rings. The summed E-state index contributed by atoms with van der Waals surface area (Å²) in [5.41, 5.74) is 7.56. The molecule has 0 atom stereocenters. The average molecular weight is 246 g/mol. The lowest BCUT2D eigenvalue weighted by Gasteiger charge is -2.38. The van der Waals surface area contributed by atoms with Gasteiger partial charge in [0.1, 0.15) is 5.41 Å². The lowest BCUT2D eigenvalue weighted by molar-refractivity contribution is -0.153. The summed E-state index contributed by atoms with van der Waals surface area (Å²) in [5, 5.41) is 2.87. The van der Waals surface area contributed by atoms with Gasteiger partial charge in [0.2, 0.25) is 5.91 Å². The maximum atomic E-state index is 12.1. The predicted octanol–water partition coefficient (Wildman–Crippen LogP) is 0.477. The number of hydrogen-bond acceptors (Lipinski definition) is 4. The monoisotopic (exact) mass is 246 g/mol. The Labute approximate surface area is 104 Å². The highest BCUT2D eigenvalue weighted by Gasteiger charge is 2.44. The van der Waals surface area contributed by atoms with E-state index in [1.807, 2.05) is 18.2 Å². The van der Waals surface area contributed by atoms with E-state index in [1.54, 1.807) is 6.33 Å². The van der Waals surface area contributed by atoms with Crippen LogP contribution >= 0.6 is 0 Å². The van der Waals surface area contributed by atoms with Crippen LogP contribution in [0.3, 0.4) is 0 Å². The van der Waals surface area contributed by atoms with Crippen molar-refractivity contribution in [1.82, 2.24) is 9.97 Å². The molecule has 94 valence electrons. The number of nitrogens with one attached hydrogen (secondary N) is 2. The zero-order chi connectivity index (χ0) is 12.6. The first kappa shape index (κ1) is 11.2. The van der Waals surface area contributed by atoms with Gasteiger partial charge >= 0.3 is 0 Å². The van der Waals surface area contributed by atoms with Crippen LogP contribution in [0.1, 0.15) is 0 Å². The van der Waals surface area contributed by atoms with E-state index in [9.17, 15) is 4.79 Å². The van der Waals surface area contributed by atoms with Crippen molar-refractivity contribution >= 4 is 22.6 Å². The maximum absolute atomic E-state index is 12.1. The molecule has 0 bridgehead atoms. The molecule has 1 fully saturated rings.